The predicted molar refractivity (Wildman–Crippen MR) is 91.7 cm³/mol. The Labute approximate surface area is 132 Å². The molecule has 0 saturated carbocycles. The second-order valence-corrected chi connectivity index (χ2v) is 5.53. The summed E-state index contributed by atoms with van der Waals surface area (Å²) in [5, 5.41) is 2.58. The molecule has 0 saturated heterocycles. The van der Waals surface area contributed by atoms with Crippen LogP contribution in [0.25, 0.3) is 32.7 Å². The van der Waals surface area contributed by atoms with Crippen LogP contribution in [0.15, 0.2) is 41.2 Å². The number of methoxy groups -OCH3 is 2. The van der Waals surface area contributed by atoms with Gasteiger partial charge in [0, 0.05) is 30.0 Å². The highest BCUT2D eigenvalue weighted by Gasteiger charge is 2.15. The first-order chi connectivity index (χ1) is 11.1. The standard InChI is InChI=1S/C18H16N2O3/c1-20-15-9-11(23-3)5-7-13(15)17-16(18(20)21)12-6-4-10(22-2)8-14(12)19-17/h4-9,19H,1-3H3. The second kappa shape index (κ2) is 4.78. The van der Waals surface area contributed by atoms with Crippen molar-refractivity contribution in [1.29, 1.82) is 0 Å². The maximum Gasteiger partial charge on any atom is 0.260 e. The number of aromatic nitrogens is 2. The molecule has 4 rings (SSSR count). The molecule has 0 spiro atoms. The van der Waals surface area contributed by atoms with Gasteiger partial charge in [-0.2, -0.15) is 0 Å². The molecule has 5 heteroatoms. The molecule has 2 aromatic heterocycles. The minimum absolute atomic E-state index is 0.0304. The summed E-state index contributed by atoms with van der Waals surface area (Å²) in [6, 6.07) is 11.4. The molecule has 0 aliphatic rings. The minimum Gasteiger partial charge on any atom is -0.497 e. The lowest BCUT2D eigenvalue weighted by Crippen LogP contribution is -2.16. The number of nitrogens with zero attached hydrogens (tertiary/aromatic N) is 1. The largest absolute Gasteiger partial charge is 0.497 e. The molecule has 0 fully saturated rings. The van der Waals surface area contributed by atoms with E-state index in [0.29, 0.717) is 5.39 Å². The van der Waals surface area contributed by atoms with Gasteiger partial charge in [0.15, 0.2) is 0 Å². The molecule has 2 aromatic carbocycles. The third-order valence-electron chi connectivity index (χ3n) is 4.36. The maximum atomic E-state index is 12.8. The van der Waals surface area contributed by atoms with Crippen molar-refractivity contribution < 1.29 is 9.47 Å². The number of pyridine rings is 1. The molecular weight excluding hydrogens is 292 g/mol. The van der Waals surface area contributed by atoms with Crippen LogP contribution in [-0.4, -0.2) is 23.8 Å². The SMILES string of the molecule is COc1ccc2c(c1)[nH]c1c3ccc(OC)cc3n(C)c(=O)c21. The quantitative estimate of drug-likeness (QED) is 0.619. The van der Waals surface area contributed by atoms with Crippen molar-refractivity contribution in [3.05, 3.63) is 46.8 Å². The Morgan fingerprint density at radius 1 is 0.957 bits per heavy atom. The first kappa shape index (κ1) is 13.7. The van der Waals surface area contributed by atoms with Crippen LogP contribution in [0.3, 0.4) is 0 Å². The average Bonchev–Trinajstić information content (AvgIpc) is 2.97. The molecule has 0 bridgehead atoms. The smallest absolute Gasteiger partial charge is 0.260 e. The van der Waals surface area contributed by atoms with E-state index in [1.54, 1.807) is 25.8 Å². The fourth-order valence-electron chi connectivity index (χ4n) is 3.13. The van der Waals surface area contributed by atoms with Crippen LogP contribution >= 0.6 is 0 Å². The number of nitrogens with one attached hydrogen (secondary N) is 1. The van der Waals surface area contributed by atoms with Crippen LogP contribution in [0.4, 0.5) is 0 Å². The predicted octanol–water partition coefficient (Wildman–Crippen LogP) is 3.19. The number of hydrogen-bond donors (Lipinski definition) is 1. The number of rotatable bonds is 2. The van der Waals surface area contributed by atoms with Gasteiger partial charge >= 0.3 is 0 Å². The van der Waals surface area contributed by atoms with Gasteiger partial charge in [0.2, 0.25) is 0 Å². The van der Waals surface area contributed by atoms with Crippen LogP contribution in [0, 0.1) is 0 Å². The Hall–Kier alpha value is -2.95. The van der Waals surface area contributed by atoms with Crippen molar-refractivity contribution >= 4 is 32.7 Å². The second-order valence-electron chi connectivity index (χ2n) is 5.53. The van der Waals surface area contributed by atoms with Gasteiger partial charge in [0.1, 0.15) is 11.5 Å². The van der Waals surface area contributed by atoms with Crippen LogP contribution in [-0.2, 0) is 7.05 Å². The van der Waals surface area contributed by atoms with Gasteiger partial charge in [-0.3, -0.25) is 4.79 Å². The molecule has 0 atom stereocenters. The zero-order valence-corrected chi connectivity index (χ0v) is 13.1. The molecule has 0 aliphatic heterocycles. The normalized spacial score (nSPS) is 11.4. The molecule has 0 unspecified atom stereocenters. The molecule has 1 N–H and O–H groups in total. The van der Waals surface area contributed by atoms with Crippen molar-refractivity contribution in [3.8, 4) is 11.5 Å². The zero-order chi connectivity index (χ0) is 16.1. The first-order valence-electron chi connectivity index (χ1n) is 7.30. The lowest BCUT2D eigenvalue weighted by atomic mass is 10.1. The molecular formula is C18H16N2O3. The summed E-state index contributed by atoms with van der Waals surface area (Å²) in [5.74, 6) is 1.48. The number of H-pyrrole nitrogens is 1. The van der Waals surface area contributed by atoms with E-state index in [0.717, 1.165) is 38.8 Å². The lowest BCUT2D eigenvalue weighted by molar-refractivity contribution is 0.415. The third kappa shape index (κ3) is 1.83. The number of hydrogen-bond acceptors (Lipinski definition) is 3. The van der Waals surface area contributed by atoms with Gasteiger partial charge in [-0.05, 0) is 24.3 Å². The Kier molecular flexibility index (Phi) is 2.84. The topological polar surface area (TPSA) is 56.2 Å². The molecule has 5 nitrogen and oxygen atoms in total. The Balaban J connectivity index is 2.23. The van der Waals surface area contributed by atoms with Crippen molar-refractivity contribution in [2.24, 2.45) is 7.05 Å². The van der Waals surface area contributed by atoms with E-state index >= 15 is 0 Å². The van der Waals surface area contributed by atoms with E-state index in [1.165, 1.54) is 0 Å². The van der Waals surface area contributed by atoms with Gasteiger partial charge in [0.05, 0.1) is 36.2 Å². The minimum atomic E-state index is -0.0304. The Morgan fingerprint density at radius 2 is 1.61 bits per heavy atom. The van der Waals surface area contributed by atoms with Gasteiger partial charge in [-0.15, -0.1) is 0 Å². The van der Waals surface area contributed by atoms with Crippen molar-refractivity contribution in [1.82, 2.24) is 9.55 Å². The third-order valence-corrected chi connectivity index (χ3v) is 4.36. The van der Waals surface area contributed by atoms with Gasteiger partial charge < -0.3 is 19.0 Å². The summed E-state index contributed by atoms with van der Waals surface area (Å²) in [5.41, 5.74) is 2.53. The summed E-state index contributed by atoms with van der Waals surface area (Å²) in [6.45, 7) is 0. The molecule has 23 heavy (non-hydrogen) atoms. The van der Waals surface area contributed by atoms with E-state index in [4.69, 9.17) is 9.47 Å². The summed E-state index contributed by atoms with van der Waals surface area (Å²) in [7, 11) is 5.03. The summed E-state index contributed by atoms with van der Waals surface area (Å²) >= 11 is 0. The fraction of sp³-hybridized carbons (Fsp3) is 0.167. The summed E-state index contributed by atoms with van der Waals surface area (Å²) in [4.78, 5) is 16.2. The van der Waals surface area contributed by atoms with E-state index in [2.05, 4.69) is 4.98 Å². The summed E-state index contributed by atoms with van der Waals surface area (Å²) < 4.78 is 12.2. The van der Waals surface area contributed by atoms with Crippen molar-refractivity contribution in [2.75, 3.05) is 14.2 Å². The highest BCUT2D eigenvalue weighted by Crippen LogP contribution is 2.31. The highest BCUT2D eigenvalue weighted by atomic mass is 16.5. The van der Waals surface area contributed by atoms with Crippen LogP contribution in [0.1, 0.15) is 0 Å². The average molecular weight is 308 g/mol. The molecule has 0 radical (unpaired) electrons. The van der Waals surface area contributed by atoms with Crippen molar-refractivity contribution in [2.45, 2.75) is 0 Å². The Bertz CT molecular complexity index is 1120. The van der Waals surface area contributed by atoms with E-state index in [9.17, 15) is 4.79 Å². The summed E-state index contributed by atoms with van der Waals surface area (Å²) in [6.07, 6.45) is 0. The van der Waals surface area contributed by atoms with Gasteiger partial charge in [-0.25, -0.2) is 0 Å². The maximum absolute atomic E-state index is 12.8. The monoisotopic (exact) mass is 308 g/mol. The van der Waals surface area contributed by atoms with Crippen LogP contribution in [0.5, 0.6) is 11.5 Å². The number of fused-ring (bicyclic) bond motifs is 5. The molecule has 0 amide bonds. The molecule has 4 aromatic rings. The van der Waals surface area contributed by atoms with Gasteiger partial charge in [-0.1, -0.05) is 0 Å². The number of ether oxygens (including phenoxy) is 2. The molecule has 0 aliphatic carbocycles. The van der Waals surface area contributed by atoms with Crippen molar-refractivity contribution in [3.63, 3.8) is 0 Å². The van der Waals surface area contributed by atoms with E-state index in [1.807, 2.05) is 36.4 Å². The molecule has 2 heterocycles. The first-order valence-corrected chi connectivity index (χ1v) is 7.30. The lowest BCUT2D eigenvalue weighted by Gasteiger charge is -2.08. The molecule has 116 valence electrons. The van der Waals surface area contributed by atoms with E-state index < -0.39 is 0 Å². The van der Waals surface area contributed by atoms with Gasteiger partial charge in [0.25, 0.3) is 5.56 Å². The van der Waals surface area contributed by atoms with Crippen LogP contribution < -0.4 is 15.0 Å². The number of aromatic amines is 1. The number of benzene rings is 2. The number of aryl methyl sites for hydroxylation is 1. The zero-order valence-electron chi connectivity index (χ0n) is 13.1. The fourth-order valence-corrected chi connectivity index (χ4v) is 3.13. The Morgan fingerprint density at radius 3 is 2.30 bits per heavy atom. The van der Waals surface area contributed by atoms with Crippen LogP contribution in [0.2, 0.25) is 0 Å². The highest BCUT2D eigenvalue weighted by molar-refractivity contribution is 6.16. The van der Waals surface area contributed by atoms with E-state index in [-0.39, 0.29) is 5.56 Å².